The molecule has 0 radical (unpaired) electrons. The predicted molar refractivity (Wildman–Crippen MR) is 67.1 cm³/mol. The van der Waals surface area contributed by atoms with E-state index in [-0.39, 0.29) is 23.3 Å². The summed E-state index contributed by atoms with van der Waals surface area (Å²) in [5.41, 5.74) is -3.96. The zero-order chi connectivity index (χ0) is 14.5. The number of rotatable bonds is 4. The minimum atomic E-state index is -4.33. The van der Waals surface area contributed by atoms with Crippen molar-refractivity contribution in [1.29, 1.82) is 0 Å². The lowest BCUT2D eigenvalue weighted by atomic mass is 10.3. The highest BCUT2D eigenvalue weighted by molar-refractivity contribution is 8.00. The first kappa shape index (κ1) is 15.6. The van der Waals surface area contributed by atoms with Crippen LogP contribution in [-0.2, 0) is 0 Å². The molecule has 1 aromatic rings. The maximum absolute atomic E-state index is 12.1. The lowest BCUT2D eigenvalue weighted by molar-refractivity contribution is -0.0328. The molecule has 0 aliphatic rings. The summed E-state index contributed by atoms with van der Waals surface area (Å²) in [6.45, 7) is 1.41. The Morgan fingerprint density at radius 1 is 1.37 bits per heavy atom. The Morgan fingerprint density at radius 2 is 1.95 bits per heavy atom. The van der Waals surface area contributed by atoms with Crippen LogP contribution < -0.4 is 10.6 Å². The smallest absolute Gasteiger partial charge is 0.394 e. The van der Waals surface area contributed by atoms with E-state index in [1.165, 1.54) is 24.3 Å². The van der Waals surface area contributed by atoms with E-state index in [4.69, 9.17) is 5.11 Å². The number of thioether (sulfide) groups is 1. The maximum Gasteiger partial charge on any atom is 0.446 e. The standard InChI is InChI=1S/C11H13F3N2O2S/c1-7(6-17)15-10(18)16-8-2-4-9(5-3-8)19-11(12,13)14/h2-5,7,17H,6H2,1H3,(H2,15,16,18)/t7-/m0/s1. The number of hydrogen-bond donors (Lipinski definition) is 3. The van der Waals surface area contributed by atoms with E-state index in [9.17, 15) is 18.0 Å². The third-order valence-corrected chi connectivity index (χ3v) is 2.74. The van der Waals surface area contributed by atoms with Crippen LogP contribution in [0.1, 0.15) is 6.92 Å². The molecule has 4 nitrogen and oxygen atoms in total. The molecule has 19 heavy (non-hydrogen) atoms. The molecular weight excluding hydrogens is 281 g/mol. The van der Waals surface area contributed by atoms with Gasteiger partial charge in [-0.1, -0.05) is 0 Å². The number of aliphatic hydroxyl groups is 1. The lowest BCUT2D eigenvalue weighted by Crippen LogP contribution is -2.38. The third-order valence-electron chi connectivity index (χ3n) is 2.00. The molecule has 0 saturated heterocycles. The van der Waals surface area contributed by atoms with Crippen LogP contribution in [0.2, 0.25) is 0 Å². The van der Waals surface area contributed by atoms with Crippen molar-refractivity contribution in [3.05, 3.63) is 24.3 Å². The van der Waals surface area contributed by atoms with Gasteiger partial charge in [-0.2, -0.15) is 13.2 Å². The number of urea groups is 1. The van der Waals surface area contributed by atoms with Gasteiger partial charge in [0.2, 0.25) is 0 Å². The molecule has 1 atom stereocenters. The van der Waals surface area contributed by atoms with Gasteiger partial charge in [-0.15, -0.1) is 0 Å². The van der Waals surface area contributed by atoms with Crippen molar-refractivity contribution < 1.29 is 23.1 Å². The Labute approximate surface area is 112 Å². The van der Waals surface area contributed by atoms with Gasteiger partial charge < -0.3 is 15.7 Å². The summed E-state index contributed by atoms with van der Waals surface area (Å²) in [5.74, 6) is 0. The van der Waals surface area contributed by atoms with E-state index in [2.05, 4.69) is 10.6 Å². The van der Waals surface area contributed by atoms with Crippen LogP contribution in [0.4, 0.5) is 23.7 Å². The van der Waals surface area contributed by atoms with Crippen LogP contribution in [0, 0.1) is 0 Å². The van der Waals surface area contributed by atoms with Gasteiger partial charge in [0, 0.05) is 10.6 Å². The van der Waals surface area contributed by atoms with E-state index in [1.807, 2.05) is 0 Å². The van der Waals surface area contributed by atoms with Gasteiger partial charge in [-0.05, 0) is 43.0 Å². The van der Waals surface area contributed by atoms with E-state index in [1.54, 1.807) is 6.92 Å². The van der Waals surface area contributed by atoms with Crippen molar-refractivity contribution >= 4 is 23.5 Å². The Bertz CT molecular complexity index is 423. The Morgan fingerprint density at radius 3 is 2.42 bits per heavy atom. The van der Waals surface area contributed by atoms with Gasteiger partial charge >= 0.3 is 11.5 Å². The first-order valence-corrected chi connectivity index (χ1v) is 6.16. The van der Waals surface area contributed by atoms with Gasteiger partial charge in [-0.25, -0.2) is 4.79 Å². The normalized spacial score (nSPS) is 12.9. The van der Waals surface area contributed by atoms with Crippen molar-refractivity contribution in [2.24, 2.45) is 0 Å². The first-order valence-electron chi connectivity index (χ1n) is 5.34. The first-order chi connectivity index (χ1) is 8.80. The Kier molecular flexibility index (Phi) is 5.49. The van der Waals surface area contributed by atoms with E-state index < -0.39 is 17.6 Å². The summed E-state index contributed by atoms with van der Waals surface area (Å²) in [6.07, 6.45) is 0. The average molecular weight is 294 g/mol. The van der Waals surface area contributed by atoms with Crippen molar-refractivity contribution in [1.82, 2.24) is 5.32 Å². The molecule has 0 aliphatic heterocycles. The molecule has 0 spiro atoms. The van der Waals surface area contributed by atoms with Gasteiger partial charge in [-0.3, -0.25) is 0 Å². The molecule has 0 aliphatic carbocycles. The van der Waals surface area contributed by atoms with E-state index in [0.717, 1.165) is 0 Å². The highest BCUT2D eigenvalue weighted by Gasteiger charge is 2.28. The fraction of sp³-hybridized carbons (Fsp3) is 0.364. The molecule has 2 amide bonds. The minimum Gasteiger partial charge on any atom is -0.394 e. The van der Waals surface area contributed by atoms with Crippen molar-refractivity contribution in [2.45, 2.75) is 23.4 Å². The Hall–Kier alpha value is -1.41. The summed E-state index contributed by atoms with van der Waals surface area (Å²) in [6, 6.07) is 4.35. The van der Waals surface area contributed by atoms with Crippen LogP contribution in [0.5, 0.6) is 0 Å². The molecule has 0 saturated carbocycles. The fourth-order valence-electron chi connectivity index (χ4n) is 1.18. The molecule has 0 bridgehead atoms. The number of nitrogens with one attached hydrogen (secondary N) is 2. The van der Waals surface area contributed by atoms with Gasteiger partial charge in [0.1, 0.15) is 0 Å². The highest BCUT2D eigenvalue weighted by atomic mass is 32.2. The van der Waals surface area contributed by atoms with Crippen LogP contribution in [0.3, 0.4) is 0 Å². The third kappa shape index (κ3) is 6.35. The molecule has 1 aromatic carbocycles. The summed E-state index contributed by atoms with van der Waals surface area (Å²) < 4.78 is 36.3. The molecule has 0 unspecified atom stereocenters. The van der Waals surface area contributed by atoms with Crippen LogP contribution in [0.15, 0.2) is 29.2 Å². The van der Waals surface area contributed by atoms with Gasteiger partial charge in [0.15, 0.2) is 0 Å². The number of carbonyl (C=O) groups is 1. The predicted octanol–water partition coefficient (Wildman–Crippen LogP) is 2.80. The SMILES string of the molecule is C[C@@H](CO)NC(=O)Nc1ccc(SC(F)(F)F)cc1. The van der Waals surface area contributed by atoms with Crippen molar-refractivity contribution in [3.8, 4) is 0 Å². The molecule has 8 heteroatoms. The van der Waals surface area contributed by atoms with Crippen molar-refractivity contribution in [2.75, 3.05) is 11.9 Å². The van der Waals surface area contributed by atoms with Crippen LogP contribution in [0.25, 0.3) is 0 Å². The zero-order valence-corrected chi connectivity index (χ0v) is 10.8. The van der Waals surface area contributed by atoms with Crippen LogP contribution >= 0.6 is 11.8 Å². The van der Waals surface area contributed by atoms with E-state index in [0.29, 0.717) is 5.69 Å². The summed E-state index contributed by atoms with van der Waals surface area (Å²) in [7, 11) is 0. The van der Waals surface area contributed by atoms with Gasteiger partial charge in [0.05, 0.1) is 12.6 Å². The number of carbonyl (C=O) groups excluding carboxylic acids is 1. The molecule has 1 rings (SSSR count). The second kappa shape index (κ2) is 6.67. The highest BCUT2D eigenvalue weighted by Crippen LogP contribution is 2.36. The largest absolute Gasteiger partial charge is 0.446 e. The molecular formula is C11H13F3N2O2S. The fourth-order valence-corrected chi connectivity index (χ4v) is 1.72. The van der Waals surface area contributed by atoms with Crippen LogP contribution in [-0.4, -0.2) is 29.3 Å². The summed E-state index contributed by atoms with van der Waals surface area (Å²) in [4.78, 5) is 11.4. The second-order valence-electron chi connectivity index (χ2n) is 3.75. The summed E-state index contributed by atoms with van der Waals surface area (Å²) >= 11 is -0.219. The number of benzene rings is 1. The maximum atomic E-state index is 12.1. The number of alkyl halides is 3. The molecule has 0 fully saturated rings. The number of aliphatic hydroxyl groups excluding tert-OH is 1. The summed E-state index contributed by atoms with van der Waals surface area (Å²) in [5, 5.41) is 13.6. The number of amides is 2. The minimum absolute atomic E-state index is 0.0437. The lowest BCUT2D eigenvalue weighted by Gasteiger charge is -2.12. The second-order valence-corrected chi connectivity index (χ2v) is 4.89. The quantitative estimate of drug-likeness (QED) is 0.748. The monoisotopic (exact) mass is 294 g/mol. The van der Waals surface area contributed by atoms with Gasteiger partial charge in [0.25, 0.3) is 0 Å². The number of anilines is 1. The van der Waals surface area contributed by atoms with Crippen molar-refractivity contribution in [3.63, 3.8) is 0 Å². The molecule has 3 N–H and O–H groups in total. The number of hydrogen-bond acceptors (Lipinski definition) is 3. The molecule has 0 aromatic heterocycles. The molecule has 106 valence electrons. The zero-order valence-electron chi connectivity index (χ0n) is 9.99. The Balaban J connectivity index is 2.55. The average Bonchev–Trinajstić information content (AvgIpc) is 2.29. The molecule has 0 heterocycles. The number of halogens is 3. The van der Waals surface area contributed by atoms with E-state index >= 15 is 0 Å². The topological polar surface area (TPSA) is 61.4 Å².